The molecule has 5 nitrogen and oxygen atoms in total. The Morgan fingerprint density at radius 3 is 2.80 bits per heavy atom. The average molecular weight is 300 g/mol. The molecule has 0 saturated carbocycles. The van der Waals surface area contributed by atoms with Gasteiger partial charge in [0.1, 0.15) is 5.82 Å². The number of benzene rings is 1. The van der Waals surface area contributed by atoms with E-state index in [1.165, 1.54) is 12.1 Å². The molecule has 2 N–H and O–H groups in total. The van der Waals surface area contributed by atoms with Crippen molar-refractivity contribution < 1.29 is 17.6 Å². The van der Waals surface area contributed by atoms with Crippen molar-refractivity contribution in [2.24, 2.45) is 11.1 Å². The van der Waals surface area contributed by atoms with Crippen LogP contribution in [-0.4, -0.2) is 31.5 Å². The van der Waals surface area contributed by atoms with Crippen LogP contribution in [0, 0.1) is 18.7 Å². The first-order valence-electron chi connectivity index (χ1n) is 6.28. The van der Waals surface area contributed by atoms with Gasteiger partial charge in [-0.25, -0.2) is 17.9 Å². The lowest BCUT2D eigenvalue weighted by Gasteiger charge is -2.18. The highest BCUT2D eigenvalue weighted by atomic mass is 32.2. The van der Waals surface area contributed by atoms with Crippen molar-refractivity contribution in [2.75, 3.05) is 12.3 Å². The van der Waals surface area contributed by atoms with Crippen molar-refractivity contribution in [3.63, 3.8) is 0 Å². The van der Waals surface area contributed by atoms with Crippen molar-refractivity contribution in [1.29, 1.82) is 0 Å². The van der Waals surface area contributed by atoms with Gasteiger partial charge in [-0.05, 0) is 30.2 Å². The van der Waals surface area contributed by atoms with Gasteiger partial charge in [-0.2, -0.15) is 0 Å². The van der Waals surface area contributed by atoms with Crippen LogP contribution in [0.25, 0.3) is 0 Å². The number of aryl methyl sites for hydroxylation is 1. The predicted octanol–water partition coefficient (Wildman–Crippen LogP) is 0.771. The number of likely N-dealkylation sites (tertiary alicyclic amines) is 1. The third-order valence-corrected chi connectivity index (χ3v) is 4.37. The van der Waals surface area contributed by atoms with Crippen LogP contribution in [0.4, 0.5) is 4.39 Å². The van der Waals surface area contributed by atoms with Crippen LogP contribution in [0.1, 0.15) is 17.5 Å². The number of nitrogens with two attached hydrogens (primary N) is 1. The van der Waals surface area contributed by atoms with Crippen molar-refractivity contribution in [2.45, 2.75) is 19.9 Å². The SMILES string of the molecule is Cc1ccc(F)cc1CN1CC(CS(N)(=O)=O)CC1=O. The van der Waals surface area contributed by atoms with Crippen LogP contribution in [-0.2, 0) is 21.4 Å². The number of nitrogens with zero attached hydrogens (tertiary/aromatic N) is 1. The molecule has 1 aromatic carbocycles. The third-order valence-electron chi connectivity index (χ3n) is 3.43. The standard InChI is InChI=1S/C13H17FN2O3S/c1-9-2-3-12(14)5-11(9)7-16-6-10(4-13(16)17)8-20(15,18)19/h2-3,5,10H,4,6-8H2,1H3,(H2,15,18,19). The summed E-state index contributed by atoms with van der Waals surface area (Å²) in [4.78, 5) is 13.4. The fraction of sp³-hybridized carbons (Fsp3) is 0.462. The molecular formula is C13H17FN2O3S. The molecule has 1 aromatic rings. The topological polar surface area (TPSA) is 80.5 Å². The summed E-state index contributed by atoms with van der Waals surface area (Å²) < 4.78 is 35.3. The Bertz CT molecular complexity index is 631. The molecule has 110 valence electrons. The van der Waals surface area contributed by atoms with Crippen LogP contribution >= 0.6 is 0 Å². The Morgan fingerprint density at radius 1 is 1.45 bits per heavy atom. The maximum Gasteiger partial charge on any atom is 0.223 e. The van der Waals surface area contributed by atoms with Crippen molar-refractivity contribution in [1.82, 2.24) is 4.90 Å². The van der Waals surface area contributed by atoms with E-state index < -0.39 is 10.0 Å². The van der Waals surface area contributed by atoms with Crippen molar-refractivity contribution in [3.8, 4) is 0 Å². The van der Waals surface area contributed by atoms with E-state index in [1.54, 1.807) is 11.0 Å². The molecule has 0 aliphatic carbocycles. The Balaban J connectivity index is 2.07. The van der Waals surface area contributed by atoms with Gasteiger partial charge in [0.2, 0.25) is 15.9 Å². The zero-order valence-electron chi connectivity index (χ0n) is 11.2. The van der Waals surface area contributed by atoms with Gasteiger partial charge in [-0.1, -0.05) is 6.07 Å². The van der Waals surface area contributed by atoms with E-state index in [-0.39, 0.29) is 29.8 Å². The first-order chi connectivity index (χ1) is 9.24. The molecular weight excluding hydrogens is 283 g/mol. The van der Waals surface area contributed by atoms with E-state index in [4.69, 9.17) is 5.14 Å². The van der Waals surface area contributed by atoms with Gasteiger partial charge in [0.25, 0.3) is 0 Å². The van der Waals surface area contributed by atoms with Gasteiger partial charge >= 0.3 is 0 Å². The number of halogens is 1. The van der Waals surface area contributed by atoms with Crippen LogP contribution in [0.15, 0.2) is 18.2 Å². The molecule has 0 bridgehead atoms. The van der Waals surface area contributed by atoms with Crippen LogP contribution < -0.4 is 5.14 Å². The number of hydrogen-bond donors (Lipinski definition) is 1. The molecule has 20 heavy (non-hydrogen) atoms. The number of amides is 1. The van der Waals surface area contributed by atoms with Gasteiger partial charge in [-0.3, -0.25) is 4.79 Å². The number of carbonyl (C=O) groups is 1. The van der Waals surface area contributed by atoms with Crippen molar-refractivity contribution in [3.05, 3.63) is 35.1 Å². The molecule has 0 spiro atoms. The minimum absolute atomic E-state index is 0.123. The first-order valence-corrected chi connectivity index (χ1v) is 7.99. The average Bonchev–Trinajstić information content (AvgIpc) is 2.62. The number of rotatable bonds is 4. The second kappa shape index (κ2) is 5.49. The number of carbonyl (C=O) groups excluding carboxylic acids is 1. The number of primary sulfonamides is 1. The second-order valence-electron chi connectivity index (χ2n) is 5.24. The summed E-state index contributed by atoms with van der Waals surface area (Å²) in [5.74, 6) is -0.954. The van der Waals surface area contributed by atoms with Gasteiger partial charge in [0.05, 0.1) is 5.75 Å². The van der Waals surface area contributed by atoms with Crippen LogP contribution in [0.2, 0.25) is 0 Å². The fourth-order valence-corrected chi connectivity index (χ4v) is 3.34. The van der Waals surface area contributed by atoms with Gasteiger partial charge < -0.3 is 4.90 Å². The largest absolute Gasteiger partial charge is 0.338 e. The van der Waals surface area contributed by atoms with E-state index >= 15 is 0 Å². The summed E-state index contributed by atoms with van der Waals surface area (Å²) in [5, 5.41) is 5.00. The Labute approximate surface area is 117 Å². The smallest absolute Gasteiger partial charge is 0.223 e. The van der Waals surface area contributed by atoms with E-state index in [0.29, 0.717) is 13.1 Å². The zero-order valence-corrected chi connectivity index (χ0v) is 12.0. The maximum absolute atomic E-state index is 13.2. The van der Waals surface area contributed by atoms with Crippen LogP contribution in [0.5, 0.6) is 0 Å². The lowest BCUT2D eigenvalue weighted by molar-refractivity contribution is -0.128. The normalized spacial score (nSPS) is 19.6. The molecule has 1 aliphatic heterocycles. The van der Waals surface area contributed by atoms with Gasteiger partial charge in [-0.15, -0.1) is 0 Å². The minimum atomic E-state index is -3.58. The molecule has 2 rings (SSSR count). The Morgan fingerprint density at radius 2 is 2.15 bits per heavy atom. The summed E-state index contributed by atoms with van der Waals surface area (Å²) >= 11 is 0. The maximum atomic E-state index is 13.2. The monoisotopic (exact) mass is 300 g/mol. The summed E-state index contributed by atoms with van der Waals surface area (Å²) in [5.41, 5.74) is 1.63. The molecule has 1 atom stereocenters. The second-order valence-corrected chi connectivity index (χ2v) is 6.90. The molecule has 0 aromatic heterocycles. The third kappa shape index (κ3) is 3.77. The summed E-state index contributed by atoms with van der Waals surface area (Å²) in [7, 11) is -3.58. The molecule has 1 amide bonds. The highest BCUT2D eigenvalue weighted by Gasteiger charge is 2.32. The number of sulfonamides is 1. The zero-order chi connectivity index (χ0) is 14.9. The molecule has 0 radical (unpaired) electrons. The van der Waals surface area contributed by atoms with E-state index in [1.807, 2.05) is 6.92 Å². The summed E-state index contributed by atoms with van der Waals surface area (Å²) in [6.45, 7) is 2.48. The summed E-state index contributed by atoms with van der Waals surface area (Å²) in [6, 6.07) is 4.43. The highest BCUT2D eigenvalue weighted by molar-refractivity contribution is 7.89. The molecule has 1 unspecified atom stereocenters. The van der Waals surface area contributed by atoms with Gasteiger partial charge in [0.15, 0.2) is 0 Å². The lowest BCUT2D eigenvalue weighted by Crippen LogP contribution is -2.27. The van der Waals surface area contributed by atoms with E-state index in [9.17, 15) is 17.6 Å². The molecule has 7 heteroatoms. The molecule has 1 heterocycles. The minimum Gasteiger partial charge on any atom is -0.338 e. The Hall–Kier alpha value is -1.47. The van der Waals surface area contributed by atoms with Crippen molar-refractivity contribution >= 4 is 15.9 Å². The number of hydrogen-bond acceptors (Lipinski definition) is 3. The van der Waals surface area contributed by atoms with Crippen LogP contribution in [0.3, 0.4) is 0 Å². The highest BCUT2D eigenvalue weighted by Crippen LogP contribution is 2.22. The lowest BCUT2D eigenvalue weighted by atomic mass is 10.1. The van der Waals surface area contributed by atoms with Gasteiger partial charge in [0, 0.05) is 25.4 Å². The molecule has 1 aliphatic rings. The summed E-state index contributed by atoms with van der Waals surface area (Å²) in [6.07, 6.45) is 0.171. The fourth-order valence-electron chi connectivity index (χ4n) is 2.46. The Kier molecular flexibility index (Phi) is 4.10. The van der Waals surface area contributed by atoms with E-state index in [0.717, 1.165) is 11.1 Å². The van der Waals surface area contributed by atoms with E-state index in [2.05, 4.69) is 0 Å². The quantitative estimate of drug-likeness (QED) is 0.892. The predicted molar refractivity (Wildman–Crippen MR) is 72.6 cm³/mol. The molecule has 1 saturated heterocycles. The first kappa shape index (κ1) is 14.9. The molecule has 1 fully saturated rings.